The summed E-state index contributed by atoms with van der Waals surface area (Å²) in [5.41, 5.74) is 1.75. The van der Waals surface area contributed by atoms with Crippen molar-refractivity contribution in [1.82, 2.24) is 10.2 Å². The van der Waals surface area contributed by atoms with Crippen LogP contribution in [0.15, 0.2) is 52.9 Å². The molecular formula is C21H23N5O5S3. The van der Waals surface area contributed by atoms with Gasteiger partial charge < -0.3 is 5.32 Å². The maximum Gasteiger partial charge on any atom is 0.271 e. The summed E-state index contributed by atoms with van der Waals surface area (Å²) < 4.78 is 26.5. The van der Waals surface area contributed by atoms with Crippen molar-refractivity contribution in [2.75, 3.05) is 22.4 Å². The Morgan fingerprint density at radius 3 is 2.62 bits per heavy atom. The van der Waals surface area contributed by atoms with Crippen molar-refractivity contribution in [3.05, 3.63) is 69.8 Å². The molecule has 34 heavy (non-hydrogen) atoms. The minimum atomic E-state index is -3.71. The van der Waals surface area contributed by atoms with Gasteiger partial charge in [-0.15, -0.1) is 10.2 Å². The van der Waals surface area contributed by atoms with Gasteiger partial charge in [-0.2, -0.15) is 0 Å². The summed E-state index contributed by atoms with van der Waals surface area (Å²) in [7, 11) is -3.71. The van der Waals surface area contributed by atoms with Crippen molar-refractivity contribution in [1.29, 1.82) is 0 Å². The Kier molecular flexibility index (Phi) is 8.58. The normalized spacial score (nSPS) is 11.2. The lowest BCUT2D eigenvalue weighted by Crippen LogP contribution is -2.32. The number of nitrogens with one attached hydrogen (secondary N) is 1. The molecule has 3 rings (SSSR count). The number of nitro benzene ring substituents is 1. The largest absolute Gasteiger partial charge is 0.301 e. The Morgan fingerprint density at radius 1 is 1.21 bits per heavy atom. The molecule has 1 aromatic heterocycles. The van der Waals surface area contributed by atoms with Gasteiger partial charge in [0.15, 0.2) is 4.34 Å². The number of carbonyl (C=O) groups is 1. The summed E-state index contributed by atoms with van der Waals surface area (Å²) >= 11 is 2.79. The Morgan fingerprint density at radius 2 is 1.94 bits per heavy atom. The number of nitrogens with zero attached hydrogens (tertiary/aromatic N) is 4. The Hall–Kier alpha value is -3.03. The average Bonchev–Trinajstić information content (AvgIpc) is 3.23. The smallest absolute Gasteiger partial charge is 0.271 e. The number of non-ortho nitro benzene ring substituents is 1. The quantitative estimate of drug-likeness (QED) is 0.171. The van der Waals surface area contributed by atoms with E-state index in [1.165, 1.54) is 41.3 Å². The van der Waals surface area contributed by atoms with Crippen molar-refractivity contribution < 1.29 is 18.1 Å². The van der Waals surface area contributed by atoms with Gasteiger partial charge in [-0.1, -0.05) is 59.5 Å². The van der Waals surface area contributed by atoms with Gasteiger partial charge in [-0.05, 0) is 24.5 Å². The van der Waals surface area contributed by atoms with Crippen molar-refractivity contribution in [2.45, 2.75) is 29.9 Å². The van der Waals surface area contributed by atoms with Crippen LogP contribution in [0.3, 0.4) is 0 Å². The van der Waals surface area contributed by atoms with Gasteiger partial charge in [-0.25, -0.2) is 8.42 Å². The van der Waals surface area contributed by atoms with Crippen LogP contribution in [-0.2, 0) is 20.6 Å². The summed E-state index contributed by atoms with van der Waals surface area (Å²) in [6.45, 7) is 1.68. The van der Waals surface area contributed by atoms with Crippen LogP contribution >= 0.6 is 23.1 Å². The zero-order chi connectivity index (χ0) is 24.7. The second-order valence-corrected chi connectivity index (χ2v) is 11.5. The van der Waals surface area contributed by atoms with Crippen LogP contribution in [0, 0.1) is 17.0 Å². The number of aryl methyl sites for hydroxylation is 1. The van der Waals surface area contributed by atoms with Crippen LogP contribution in [0.2, 0.25) is 0 Å². The second kappa shape index (κ2) is 11.4. The van der Waals surface area contributed by atoms with Crippen molar-refractivity contribution >= 4 is 55.5 Å². The van der Waals surface area contributed by atoms with Crippen LogP contribution in [-0.4, -0.2) is 42.2 Å². The second-order valence-electron chi connectivity index (χ2n) is 7.36. The van der Waals surface area contributed by atoms with E-state index < -0.39 is 14.9 Å². The number of carbonyl (C=O) groups excluding carboxylic acids is 1. The fourth-order valence-corrected chi connectivity index (χ4v) is 5.79. The monoisotopic (exact) mass is 521 g/mol. The van der Waals surface area contributed by atoms with Crippen molar-refractivity contribution in [2.24, 2.45) is 0 Å². The molecule has 0 atom stereocenters. The maximum atomic E-state index is 12.3. The molecule has 3 aromatic rings. The minimum absolute atomic E-state index is 0.00254. The lowest BCUT2D eigenvalue weighted by atomic mass is 10.1. The number of hydrogen-bond donors (Lipinski definition) is 1. The first-order valence-corrected chi connectivity index (χ1v) is 13.8. The van der Waals surface area contributed by atoms with Gasteiger partial charge in [-0.3, -0.25) is 19.2 Å². The topological polar surface area (TPSA) is 135 Å². The number of thioether (sulfide) groups is 1. The number of anilines is 2. The number of sulfonamides is 1. The van der Waals surface area contributed by atoms with Crippen LogP contribution in [0.25, 0.3) is 0 Å². The van der Waals surface area contributed by atoms with Gasteiger partial charge in [0, 0.05) is 30.9 Å². The van der Waals surface area contributed by atoms with Crippen molar-refractivity contribution in [3.63, 3.8) is 0 Å². The van der Waals surface area contributed by atoms with E-state index >= 15 is 0 Å². The fourth-order valence-electron chi connectivity index (χ4n) is 3.05. The summed E-state index contributed by atoms with van der Waals surface area (Å²) in [6.07, 6.45) is 1.29. The number of amides is 1. The highest BCUT2D eigenvalue weighted by Gasteiger charge is 2.22. The molecule has 10 nitrogen and oxygen atoms in total. The van der Waals surface area contributed by atoms with Gasteiger partial charge in [0.25, 0.3) is 5.69 Å². The fraction of sp³-hybridized carbons (Fsp3) is 0.286. The van der Waals surface area contributed by atoms with Gasteiger partial charge in [0.05, 0.1) is 16.9 Å². The Labute approximate surface area is 205 Å². The molecular weight excluding hydrogens is 498 g/mol. The molecule has 180 valence electrons. The third-order valence-electron chi connectivity index (χ3n) is 4.70. The van der Waals surface area contributed by atoms with E-state index in [1.54, 1.807) is 6.92 Å². The zero-order valence-electron chi connectivity index (χ0n) is 18.5. The molecule has 0 saturated carbocycles. The lowest BCUT2D eigenvalue weighted by molar-refractivity contribution is -0.384. The standard InChI is InChI=1S/C21H23N5O5S3/c1-15-10-11-17(26(28)29)13-18(15)25(34(2,30)31)12-6-9-19(27)22-20-23-24-21(33-20)32-14-16-7-4-3-5-8-16/h3-5,7-8,10-11,13H,6,9,12,14H2,1-2H3,(H,22,23,27). The van der Waals surface area contributed by atoms with E-state index in [1.807, 2.05) is 30.3 Å². The van der Waals surface area contributed by atoms with Crippen LogP contribution < -0.4 is 9.62 Å². The highest BCUT2D eigenvalue weighted by molar-refractivity contribution is 8.00. The lowest BCUT2D eigenvalue weighted by Gasteiger charge is -2.23. The van der Waals surface area contributed by atoms with E-state index in [4.69, 9.17) is 0 Å². The first-order valence-electron chi connectivity index (χ1n) is 10.2. The third kappa shape index (κ3) is 7.23. The molecule has 2 aromatic carbocycles. The first kappa shape index (κ1) is 25.6. The molecule has 0 radical (unpaired) electrons. The summed E-state index contributed by atoms with van der Waals surface area (Å²) in [6, 6.07) is 14.0. The number of benzene rings is 2. The predicted octanol–water partition coefficient (Wildman–Crippen LogP) is 4.23. The molecule has 1 heterocycles. The molecule has 0 aliphatic rings. The van der Waals surface area contributed by atoms with E-state index in [0.29, 0.717) is 10.7 Å². The van der Waals surface area contributed by atoms with Crippen molar-refractivity contribution in [3.8, 4) is 0 Å². The maximum absolute atomic E-state index is 12.3. The molecule has 0 aliphatic heterocycles. The molecule has 0 bridgehead atoms. The number of aromatic nitrogens is 2. The van der Waals surface area contributed by atoms with E-state index in [0.717, 1.165) is 26.2 Å². The molecule has 0 saturated heterocycles. The summed E-state index contributed by atoms with van der Waals surface area (Å²) in [4.78, 5) is 22.9. The van der Waals surface area contributed by atoms with E-state index in [-0.39, 0.29) is 36.7 Å². The van der Waals surface area contributed by atoms with E-state index in [2.05, 4.69) is 15.5 Å². The first-order chi connectivity index (χ1) is 16.1. The Bertz CT molecular complexity index is 1260. The van der Waals surface area contributed by atoms with Gasteiger partial charge >= 0.3 is 0 Å². The molecule has 13 heteroatoms. The highest BCUT2D eigenvalue weighted by Crippen LogP contribution is 2.29. The molecule has 0 aliphatic carbocycles. The summed E-state index contributed by atoms with van der Waals surface area (Å²) in [5.74, 6) is 0.418. The number of rotatable bonds is 11. The predicted molar refractivity (Wildman–Crippen MR) is 134 cm³/mol. The zero-order valence-corrected chi connectivity index (χ0v) is 21.0. The third-order valence-corrected chi connectivity index (χ3v) is 7.92. The minimum Gasteiger partial charge on any atom is -0.301 e. The number of nitro groups is 1. The SMILES string of the molecule is Cc1ccc([N+](=O)[O-])cc1N(CCCC(=O)Nc1nnc(SCc2ccccc2)s1)S(C)(=O)=O. The van der Waals surface area contributed by atoms with Gasteiger partial charge in [0.1, 0.15) is 0 Å². The van der Waals surface area contributed by atoms with E-state index in [9.17, 15) is 23.3 Å². The van der Waals surface area contributed by atoms with Crippen LogP contribution in [0.4, 0.5) is 16.5 Å². The highest BCUT2D eigenvalue weighted by atomic mass is 32.2. The molecule has 1 amide bonds. The molecule has 0 fully saturated rings. The van der Waals surface area contributed by atoms with Crippen LogP contribution in [0.1, 0.15) is 24.0 Å². The van der Waals surface area contributed by atoms with Crippen LogP contribution in [0.5, 0.6) is 0 Å². The Balaban J connectivity index is 1.55. The molecule has 1 N–H and O–H groups in total. The molecule has 0 spiro atoms. The number of hydrogen-bond acceptors (Lipinski definition) is 9. The summed E-state index contributed by atoms with van der Waals surface area (Å²) in [5, 5.41) is 22.2. The average molecular weight is 522 g/mol. The molecule has 0 unspecified atom stereocenters. The van der Waals surface area contributed by atoms with Gasteiger partial charge in [0.2, 0.25) is 21.1 Å².